The van der Waals surface area contributed by atoms with Gasteiger partial charge >= 0.3 is 0 Å². The fourth-order valence-corrected chi connectivity index (χ4v) is 2.44. The van der Waals surface area contributed by atoms with E-state index in [1.165, 1.54) is 19.2 Å². The molecular formula is C14H9BrClF2NO2. The Morgan fingerprint density at radius 3 is 2.57 bits per heavy atom. The highest BCUT2D eigenvalue weighted by Gasteiger charge is 2.15. The van der Waals surface area contributed by atoms with Crippen LogP contribution in [0.15, 0.2) is 34.8 Å². The van der Waals surface area contributed by atoms with E-state index in [1.54, 1.807) is 6.07 Å². The number of hydrogen-bond acceptors (Lipinski definition) is 2. The summed E-state index contributed by atoms with van der Waals surface area (Å²) in [6.07, 6.45) is 0. The molecular weight excluding hydrogens is 368 g/mol. The number of benzene rings is 2. The third kappa shape index (κ3) is 3.51. The van der Waals surface area contributed by atoms with Crippen LogP contribution in [0.5, 0.6) is 5.75 Å². The van der Waals surface area contributed by atoms with Crippen molar-refractivity contribution in [2.45, 2.75) is 0 Å². The number of carbonyl (C=O) groups is 1. The Bertz CT molecular complexity index is 686. The van der Waals surface area contributed by atoms with Gasteiger partial charge in [-0.2, -0.15) is 0 Å². The number of ether oxygens (including phenoxy) is 1. The number of rotatable bonds is 3. The molecule has 0 atom stereocenters. The standard InChI is InChI=1S/C14H9BrClF2NO2/c1-21-12-3-2-7(4-9(12)15)14(20)19-13-10(16)5-8(17)6-11(13)18/h2-6H,1H3,(H,19,20). The minimum absolute atomic E-state index is 0.214. The van der Waals surface area contributed by atoms with Crippen LogP contribution in [0, 0.1) is 11.6 Å². The van der Waals surface area contributed by atoms with E-state index >= 15 is 0 Å². The topological polar surface area (TPSA) is 38.3 Å². The highest BCUT2D eigenvalue weighted by molar-refractivity contribution is 9.10. The van der Waals surface area contributed by atoms with Crippen LogP contribution < -0.4 is 10.1 Å². The molecule has 0 bridgehead atoms. The Labute approximate surface area is 133 Å². The van der Waals surface area contributed by atoms with Gasteiger partial charge in [-0.05, 0) is 40.2 Å². The third-order valence-corrected chi connectivity index (χ3v) is 3.58. The SMILES string of the molecule is COc1ccc(C(=O)Nc2c(F)cc(F)cc2Cl)cc1Br. The van der Waals surface area contributed by atoms with Gasteiger partial charge in [-0.1, -0.05) is 11.6 Å². The maximum Gasteiger partial charge on any atom is 0.255 e. The monoisotopic (exact) mass is 375 g/mol. The number of nitrogens with one attached hydrogen (secondary N) is 1. The van der Waals surface area contributed by atoms with Crippen molar-refractivity contribution in [1.82, 2.24) is 0 Å². The molecule has 0 radical (unpaired) electrons. The molecule has 21 heavy (non-hydrogen) atoms. The Hall–Kier alpha value is -1.66. The maximum absolute atomic E-state index is 13.6. The van der Waals surface area contributed by atoms with Crippen LogP contribution in [-0.2, 0) is 0 Å². The second kappa shape index (κ2) is 6.41. The molecule has 0 unspecified atom stereocenters. The summed E-state index contributed by atoms with van der Waals surface area (Å²) in [7, 11) is 1.49. The van der Waals surface area contributed by atoms with Gasteiger partial charge in [0.25, 0.3) is 5.91 Å². The number of methoxy groups -OCH3 is 1. The van der Waals surface area contributed by atoms with Crippen LogP contribution in [0.1, 0.15) is 10.4 Å². The molecule has 110 valence electrons. The fraction of sp³-hybridized carbons (Fsp3) is 0.0714. The smallest absolute Gasteiger partial charge is 0.255 e. The quantitative estimate of drug-likeness (QED) is 0.847. The Balaban J connectivity index is 2.28. The summed E-state index contributed by atoms with van der Waals surface area (Å²) in [6, 6.07) is 6.18. The molecule has 2 aromatic rings. The molecule has 0 spiro atoms. The van der Waals surface area contributed by atoms with Crippen molar-refractivity contribution in [3.63, 3.8) is 0 Å². The van der Waals surface area contributed by atoms with E-state index in [0.29, 0.717) is 16.3 Å². The molecule has 0 fully saturated rings. The number of anilines is 1. The molecule has 0 heterocycles. The summed E-state index contributed by atoms with van der Waals surface area (Å²) in [4.78, 5) is 12.1. The first-order valence-electron chi connectivity index (χ1n) is 5.72. The Morgan fingerprint density at radius 1 is 1.29 bits per heavy atom. The Kier molecular flexibility index (Phi) is 4.80. The van der Waals surface area contributed by atoms with Crippen LogP contribution >= 0.6 is 27.5 Å². The Morgan fingerprint density at radius 2 is 2.00 bits per heavy atom. The lowest BCUT2D eigenvalue weighted by Crippen LogP contribution is -2.13. The molecule has 0 aliphatic heterocycles. The normalized spacial score (nSPS) is 10.3. The van der Waals surface area contributed by atoms with Crippen molar-refractivity contribution in [2.24, 2.45) is 0 Å². The zero-order valence-corrected chi connectivity index (χ0v) is 13.1. The van der Waals surface area contributed by atoms with Gasteiger partial charge in [0.1, 0.15) is 11.6 Å². The van der Waals surface area contributed by atoms with Crippen molar-refractivity contribution in [1.29, 1.82) is 0 Å². The third-order valence-electron chi connectivity index (χ3n) is 2.66. The summed E-state index contributed by atoms with van der Waals surface area (Å²) in [5.74, 6) is -1.79. The van der Waals surface area contributed by atoms with Crippen molar-refractivity contribution in [3.05, 3.63) is 57.0 Å². The predicted molar refractivity (Wildman–Crippen MR) is 80.0 cm³/mol. The summed E-state index contributed by atoms with van der Waals surface area (Å²) in [5, 5.41) is 2.10. The van der Waals surface area contributed by atoms with E-state index in [9.17, 15) is 13.6 Å². The van der Waals surface area contributed by atoms with Crippen LogP contribution in [0.2, 0.25) is 5.02 Å². The summed E-state index contributed by atoms with van der Waals surface area (Å²) in [5.41, 5.74) is -0.00234. The van der Waals surface area contributed by atoms with Gasteiger partial charge in [0, 0.05) is 11.6 Å². The first-order valence-corrected chi connectivity index (χ1v) is 6.89. The second-order valence-electron chi connectivity index (χ2n) is 4.05. The van der Waals surface area contributed by atoms with E-state index in [1.807, 2.05) is 0 Å². The number of carbonyl (C=O) groups excluding carboxylic acids is 1. The van der Waals surface area contributed by atoms with E-state index in [2.05, 4.69) is 21.2 Å². The molecule has 2 aromatic carbocycles. The average molecular weight is 377 g/mol. The average Bonchev–Trinajstić information content (AvgIpc) is 2.42. The lowest BCUT2D eigenvalue weighted by atomic mass is 10.2. The highest BCUT2D eigenvalue weighted by Crippen LogP contribution is 2.29. The van der Waals surface area contributed by atoms with E-state index < -0.39 is 17.5 Å². The van der Waals surface area contributed by atoms with Crippen LogP contribution in [-0.4, -0.2) is 13.0 Å². The number of halogens is 4. The lowest BCUT2D eigenvalue weighted by Gasteiger charge is -2.10. The highest BCUT2D eigenvalue weighted by atomic mass is 79.9. The van der Waals surface area contributed by atoms with Crippen molar-refractivity contribution in [3.8, 4) is 5.75 Å². The van der Waals surface area contributed by atoms with Crippen molar-refractivity contribution >= 4 is 39.1 Å². The second-order valence-corrected chi connectivity index (χ2v) is 5.31. The molecule has 3 nitrogen and oxygen atoms in total. The van der Waals surface area contributed by atoms with E-state index in [4.69, 9.17) is 16.3 Å². The summed E-state index contributed by atoms with van der Waals surface area (Å²) in [6.45, 7) is 0. The van der Waals surface area contributed by atoms with E-state index in [0.717, 1.165) is 6.07 Å². The van der Waals surface area contributed by atoms with Gasteiger partial charge in [0.15, 0.2) is 5.82 Å². The minimum Gasteiger partial charge on any atom is -0.496 e. The molecule has 0 saturated carbocycles. The lowest BCUT2D eigenvalue weighted by molar-refractivity contribution is 0.102. The zero-order chi connectivity index (χ0) is 15.6. The van der Waals surface area contributed by atoms with Gasteiger partial charge in [-0.3, -0.25) is 4.79 Å². The molecule has 1 N–H and O–H groups in total. The van der Waals surface area contributed by atoms with Gasteiger partial charge in [0.05, 0.1) is 22.3 Å². The summed E-state index contributed by atoms with van der Waals surface area (Å²) >= 11 is 8.97. The van der Waals surface area contributed by atoms with E-state index in [-0.39, 0.29) is 16.3 Å². The molecule has 2 rings (SSSR count). The first-order chi connectivity index (χ1) is 9.92. The van der Waals surface area contributed by atoms with Crippen molar-refractivity contribution in [2.75, 3.05) is 12.4 Å². The maximum atomic E-state index is 13.6. The molecule has 0 aromatic heterocycles. The van der Waals surface area contributed by atoms with Crippen LogP contribution in [0.4, 0.5) is 14.5 Å². The van der Waals surface area contributed by atoms with Gasteiger partial charge in [-0.15, -0.1) is 0 Å². The molecule has 0 aliphatic carbocycles. The van der Waals surface area contributed by atoms with Crippen molar-refractivity contribution < 1.29 is 18.3 Å². The fourth-order valence-electron chi connectivity index (χ4n) is 1.65. The number of hydrogen-bond donors (Lipinski definition) is 1. The van der Waals surface area contributed by atoms with Gasteiger partial charge in [-0.25, -0.2) is 8.78 Å². The largest absolute Gasteiger partial charge is 0.496 e. The minimum atomic E-state index is -0.944. The predicted octanol–water partition coefficient (Wildman–Crippen LogP) is 4.64. The van der Waals surface area contributed by atoms with Gasteiger partial charge < -0.3 is 10.1 Å². The van der Waals surface area contributed by atoms with Gasteiger partial charge in [0.2, 0.25) is 0 Å². The number of amides is 1. The van der Waals surface area contributed by atoms with Crippen LogP contribution in [0.3, 0.4) is 0 Å². The molecule has 0 aliphatic rings. The molecule has 7 heteroatoms. The summed E-state index contributed by atoms with van der Waals surface area (Å²) < 4.78 is 32.2. The zero-order valence-electron chi connectivity index (χ0n) is 10.7. The van der Waals surface area contributed by atoms with Crippen LogP contribution in [0.25, 0.3) is 0 Å². The molecule has 0 saturated heterocycles. The first kappa shape index (κ1) is 15.7. The molecule has 1 amide bonds.